The van der Waals surface area contributed by atoms with Crippen molar-refractivity contribution in [3.05, 3.63) is 35.4 Å². The molecule has 0 heterocycles. The molecule has 1 rings (SSSR count). The van der Waals surface area contributed by atoms with Gasteiger partial charge in [-0.1, -0.05) is 24.3 Å². The van der Waals surface area contributed by atoms with Gasteiger partial charge in [0.2, 0.25) is 0 Å². The molecular weight excluding hydrogens is 160 g/mol. The Kier molecular flexibility index (Phi) is 3.48. The molecule has 1 aromatic rings. The Morgan fingerprint density at radius 2 is 2.15 bits per heavy atom. The van der Waals surface area contributed by atoms with Crippen LogP contribution in [0.25, 0.3) is 0 Å². The summed E-state index contributed by atoms with van der Waals surface area (Å²) in [5.74, 6) is 0. The van der Waals surface area contributed by atoms with E-state index in [2.05, 4.69) is 37.4 Å². The molecule has 0 fully saturated rings. The molecule has 0 amide bonds. The van der Waals surface area contributed by atoms with E-state index in [-0.39, 0.29) is 6.04 Å². The van der Waals surface area contributed by atoms with Crippen LogP contribution in [0.5, 0.6) is 0 Å². The highest BCUT2D eigenvalue weighted by Crippen LogP contribution is 2.15. The molecule has 0 spiro atoms. The van der Waals surface area contributed by atoms with Gasteiger partial charge in [0, 0.05) is 6.04 Å². The summed E-state index contributed by atoms with van der Waals surface area (Å²) in [5, 5.41) is 11.5. The first-order valence-corrected chi connectivity index (χ1v) is 4.41. The van der Waals surface area contributed by atoms with Crippen LogP contribution in [0, 0.1) is 18.3 Å². The zero-order valence-corrected chi connectivity index (χ0v) is 8.04. The number of benzene rings is 1. The Hall–Kier alpha value is -1.33. The van der Waals surface area contributed by atoms with E-state index in [4.69, 9.17) is 5.26 Å². The highest BCUT2D eigenvalue weighted by Gasteiger charge is 2.05. The minimum atomic E-state index is 0.251. The molecule has 0 radical (unpaired) electrons. The fraction of sp³-hybridized carbons (Fsp3) is 0.364. The summed E-state index contributed by atoms with van der Waals surface area (Å²) in [7, 11) is 0. The normalized spacial score (nSPS) is 12.1. The number of nitriles is 1. The maximum atomic E-state index is 8.42. The molecule has 1 atom stereocenters. The molecule has 68 valence electrons. The minimum absolute atomic E-state index is 0.251. The third-order valence-corrected chi connectivity index (χ3v) is 2.14. The SMILES string of the molecule is Cc1ccccc1[C@@H](C)NCC#N. The van der Waals surface area contributed by atoms with Crippen LogP contribution in [0.3, 0.4) is 0 Å². The summed E-state index contributed by atoms with van der Waals surface area (Å²) in [6, 6.07) is 10.5. The van der Waals surface area contributed by atoms with E-state index in [0.717, 1.165) is 0 Å². The molecule has 0 aliphatic carbocycles. The zero-order chi connectivity index (χ0) is 9.68. The first-order valence-electron chi connectivity index (χ1n) is 4.41. The lowest BCUT2D eigenvalue weighted by Gasteiger charge is -2.14. The van der Waals surface area contributed by atoms with E-state index < -0.39 is 0 Å². The quantitative estimate of drug-likeness (QED) is 0.713. The molecule has 0 aromatic heterocycles. The summed E-state index contributed by atoms with van der Waals surface area (Å²) in [4.78, 5) is 0. The molecule has 2 nitrogen and oxygen atoms in total. The van der Waals surface area contributed by atoms with E-state index in [1.54, 1.807) is 0 Å². The maximum Gasteiger partial charge on any atom is 0.0845 e. The van der Waals surface area contributed by atoms with Crippen molar-refractivity contribution in [2.75, 3.05) is 6.54 Å². The summed E-state index contributed by atoms with van der Waals surface area (Å²) < 4.78 is 0. The standard InChI is InChI=1S/C11H14N2/c1-9-5-3-4-6-11(9)10(2)13-8-7-12/h3-6,10,13H,8H2,1-2H3/t10-/m1/s1. The van der Waals surface area contributed by atoms with Gasteiger partial charge >= 0.3 is 0 Å². The van der Waals surface area contributed by atoms with E-state index in [9.17, 15) is 0 Å². The van der Waals surface area contributed by atoms with Gasteiger partial charge in [-0.15, -0.1) is 0 Å². The van der Waals surface area contributed by atoms with Crippen molar-refractivity contribution in [2.45, 2.75) is 19.9 Å². The van der Waals surface area contributed by atoms with Crippen LogP contribution < -0.4 is 5.32 Å². The largest absolute Gasteiger partial charge is 0.298 e. The van der Waals surface area contributed by atoms with E-state index in [0.29, 0.717) is 6.54 Å². The van der Waals surface area contributed by atoms with Crippen LogP contribution in [0.1, 0.15) is 24.1 Å². The summed E-state index contributed by atoms with van der Waals surface area (Å²) in [6.07, 6.45) is 0. The van der Waals surface area contributed by atoms with Gasteiger partial charge in [0.1, 0.15) is 0 Å². The highest BCUT2D eigenvalue weighted by atomic mass is 14.9. The van der Waals surface area contributed by atoms with Crippen molar-refractivity contribution < 1.29 is 0 Å². The van der Waals surface area contributed by atoms with E-state index in [1.807, 2.05) is 12.1 Å². The van der Waals surface area contributed by atoms with Crippen molar-refractivity contribution in [2.24, 2.45) is 0 Å². The second-order valence-electron chi connectivity index (χ2n) is 3.12. The van der Waals surface area contributed by atoms with Crippen LogP contribution in [0.15, 0.2) is 24.3 Å². The second-order valence-corrected chi connectivity index (χ2v) is 3.12. The lowest BCUT2D eigenvalue weighted by molar-refractivity contribution is 0.618. The molecular formula is C11H14N2. The molecule has 0 aliphatic rings. The van der Waals surface area contributed by atoms with Gasteiger partial charge in [-0.25, -0.2) is 0 Å². The average molecular weight is 174 g/mol. The van der Waals surface area contributed by atoms with Crippen LogP contribution >= 0.6 is 0 Å². The topological polar surface area (TPSA) is 35.8 Å². The van der Waals surface area contributed by atoms with Gasteiger partial charge in [-0.2, -0.15) is 5.26 Å². The predicted octanol–water partition coefficient (Wildman–Crippen LogP) is 2.17. The Morgan fingerprint density at radius 1 is 1.46 bits per heavy atom. The smallest absolute Gasteiger partial charge is 0.0845 e. The number of rotatable bonds is 3. The fourth-order valence-corrected chi connectivity index (χ4v) is 1.38. The molecule has 2 heteroatoms. The number of aryl methyl sites for hydroxylation is 1. The lowest BCUT2D eigenvalue weighted by Crippen LogP contribution is -2.19. The van der Waals surface area contributed by atoms with Crippen LogP contribution in [-0.2, 0) is 0 Å². The molecule has 0 aliphatic heterocycles. The number of nitrogens with zero attached hydrogens (tertiary/aromatic N) is 1. The Balaban J connectivity index is 2.72. The Bertz CT molecular complexity index is 312. The van der Waals surface area contributed by atoms with Crippen LogP contribution in [0.2, 0.25) is 0 Å². The molecule has 0 saturated carbocycles. The fourth-order valence-electron chi connectivity index (χ4n) is 1.38. The van der Waals surface area contributed by atoms with Gasteiger partial charge in [-0.3, -0.25) is 5.32 Å². The maximum absolute atomic E-state index is 8.42. The van der Waals surface area contributed by atoms with Gasteiger partial charge < -0.3 is 0 Å². The number of nitrogens with one attached hydrogen (secondary N) is 1. The van der Waals surface area contributed by atoms with Crippen LogP contribution in [0.4, 0.5) is 0 Å². The molecule has 0 unspecified atom stereocenters. The zero-order valence-electron chi connectivity index (χ0n) is 8.04. The molecule has 0 bridgehead atoms. The third kappa shape index (κ3) is 2.57. The number of hydrogen-bond donors (Lipinski definition) is 1. The first kappa shape index (κ1) is 9.76. The van der Waals surface area contributed by atoms with Crippen molar-refractivity contribution in [3.8, 4) is 6.07 Å². The predicted molar refractivity (Wildman–Crippen MR) is 53.2 cm³/mol. The lowest BCUT2D eigenvalue weighted by atomic mass is 10.0. The van der Waals surface area contributed by atoms with Crippen molar-refractivity contribution in [3.63, 3.8) is 0 Å². The van der Waals surface area contributed by atoms with E-state index >= 15 is 0 Å². The molecule has 13 heavy (non-hydrogen) atoms. The van der Waals surface area contributed by atoms with Crippen molar-refractivity contribution in [1.82, 2.24) is 5.32 Å². The van der Waals surface area contributed by atoms with Gasteiger partial charge in [-0.05, 0) is 25.0 Å². The van der Waals surface area contributed by atoms with Gasteiger partial charge in [0.05, 0.1) is 12.6 Å². The number of hydrogen-bond acceptors (Lipinski definition) is 2. The molecule has 0 saturated heterocycles. The van der Waals surface area contributed by atoms with E-state index in [1.165, 1.54) is 11.1 Å². The molecule has 1 N–H and O–H groups in total. The Morgan fingerprint density at radius 3 is 2.77 bits per heavy atom. The van der Waals surface area contributed by atoms with Crippen molar-refractivity contribution in [1.29, 1.82) is 5.26 Å². The monoisotopic (exact) mass is 174 g/mol. The summed E-state index contributed by atoms with van der Waals surface area (Å²) in [6.45, 7) is 4.55. The summed E-state index contributed by atoms with van der Waals surface area (Å²) >= 11 is 0. The molecule has 1 aromatic carbocycles. The van der Waals surface area contributed by atoms with Crippen molar-refractivity contribution >= 4 is 0 Å². The third-order valence-electron chi connectivity index (χ3n) is 2.14. The highest BCUT2D eigenvalue weighted by molar-refractivity contribution is 5.28. The second kappa shape index (κ2) is 4.64. The average Bonchev–Trinajstić information content (AvgIpc) is 2.15. The first-order chi connectivity index (χ1) is 6.25. The van der Waals surface area contributed by atoms with Crippen LogP contribution in [-0.4, -0.2) is 6.54 Å². The minimum Gasteiger partial charge on any atom is -0.298 e. The Labute approximate surface area is 79.2 Å². The van der Waals surface area contributed by atoms with Gasteiger partial charge in [0.15, 0.2) is 0 Å². The summed E-state index contributed by atoms with van der Waals surface area (Å²) in [5.41, 5.74) is 2.53. The van der Waals surface area contributed by atoms with Gasteiger partial charge in [0.25, 0.3) is 0 Å².